The van der Waals surface area contributed by atoms with Crippen molar-refractivity contribution < 1.29 is 4.42 Å². The first-order valence-corrected chi connectivity index (χ1v) is 12.1. The second-order valence-corrected chi connectivity index (χ2v) is 9.54. The summed E-state index contributed by atoms with van der Waals surface area (Å²) in [6.07, 6.45) is 2.51. The van der Waals surface area contributed by atoms with E-state index in [1.807, 2.05) is 52.9 Å². The molecule has 0 amide bonds. The predicted molar refractivity (Wildman–Crippen MR) is 131 cm³/mol. The van der Waals surface area contributed by atoms with Crippen LogP contribution < -0.4 is 5.56 Å². The normalized spacial score (nSPS) is 11.8. The zero-order valence-corrected chi connectivity index (χ0v) is 19.8. The first-order valence-electron chi connectivity index (χ1n) is 10.7. The topological polar surface area (TPSA) is 78.2 Å². The Kier molecular flexibility index (Phi) is 5.95. The number of halogens is 1. The summed E-state index contributed by atoms with van der Waals surface area (Å²) in [5, 5.41) is 10.7. The Morgan fingerprint density at radius 3 is 2.70 bits per heavy atom. The average molecular weight is 480 g/mol. The van der Waals surface area contributed by atoms with E-state index in [-0.39, 0.29) is 5.56 Å². The van der Waals surface area contributed by atoms with E-state index in [2.05, 4.69) is 29.0 Å². The fraction of sp³-hybridized carbons (Fsp3) is 0.250. The number of benzene rings is 2. The van der Waals surface area contributed by atoms with Gasteiger partial charge in [0.25, 0.3) is 5.56 Å². The molecule has 5 aromatic rings. The second-order valence-electron chi connectivity index (χ2n) is 8.19. The van der Waals surface area contributed by atoms with E-state index in [9.17, 15) is 4.79 Å². The van der Waals surface area contributed by atoms with Gasteiger partial charge in [-0.1, -0.05) is 61.5 Å². The second kappa shape index (κ2) is 9.03. The third-order valence-electron chi connectivity index (χ3n) is 5.41. The minimum absolute atomic E-state index is 0.0383. The van der Waals surface area contributed by atoms with Crippen LogP contribution in [-0.2, 0) is 12.3 Å². The maximum Gasteiger partial charge on any atom is 0.262 e. The number of oxazole rings is 1. The standard InChI is InChI=1S/C24H22ClN5O2S/c1-15(2)11-12-29-22(31)18-8-4-6-10-20(18)30-23(29)27-28-24(30)33-14-16-13-32-21(26-16)17-7-3-5-9-19(17)25/h3-10,13,15H,11-12,14H2,1-2H3. The van der Waals surface area contributed by atoms with E-state index in [0.717, 1.165) is 23.2 Å². The summed E-state index contributed by atoms with van der Waals surface area (Å²) < 4.78 is 9.33. The molecular weight excluding hydrogens is 458 g/mol. The Morgan fingerprint density at radius 1 is 1.09 bits per heavy atom. The highest BCUT2D eigenvalue weighted by Crippen LogP contribution is 2.29. The Morgan fingerprint density at radius 2 is 1.88 bits per heavy atom. The molecule has 0 atom stereocenters. The highest BCUT2D eigenvalue weighted by atomic mass is 35.5. The van der Waals surface area contributed by atoms with E-state index in [1.165, 1.54) is 11.8 Å². The average Bonchev–Trinajstić information content (AvgIpc) is 3.45. The van der Waals surface area contributed by atoms with Gasteiger partial charge in [0, 0.05) is 12.3 Å². The zero-order chi connectivity index (χ0) is 22.9. The zero-order valence-electron chi connectivity index (χ0n) is 18.2. The number of thioether (sulfide) groups is 1. The molecular formula is C24H22ClN5O2S. The smallest absolute Gasteiger partial charge is 0.262 e. The van der Waals surface area contributed by atoms with Gasteiger partial charge in [0.1, 0.15) is 6.26 Å². The Bertz CT molecular complexity index is 1500. The van der Waals surface area contributed by atoms with Crippen LogP contribution in [0.15, 0.2) is 69.2 Å². The highest BCUT2D eigenvalue weighted by molar-refractivity contribution is 7.98. The lowest BCUT2D eigenvalue weighted by atomic mass is 10.1. The quantitative estimate of drug-likeness (QED) is 0.279. The Balaban J connectivity index is 1.50. The molecule has 0 aliphatic rings. The van der Waals surface area contributed by atoms with Crippen LogP contribution in [0.1, 0.15) is 26.0 Å². The summed E-state index contributed by atoms with van der Waals surface area (Å²) in [5.41, 5.74) is 2.28. The SMILES string of the molecule is CC(C)CCn1c(=O)c2ccccc2n2c(SCc3coc(-c4ccccc4Cl)n3)nnc12. The Hall–Kier alpha value is -3.10. The van der Waals surface area contributed by atoms with Gasteiger partial charge in [-0.3, -0.25) is 13.8 Å². The minimum atomic E-state index is -0.0383. The molecule has 0 bridgehead atoms. The summed E-state index contributed by atoms with van der Waals surface area (Å²) in [6, 6.07) is 15.0. The number of hydrogen-bond donors (Lipinski definition) is 0. The summed E-state index contributed by atoms with van der Waals surface area (Å²) in [4.78, 5) is 17.7. The molecule has 2 aromatic carbocycles. The lowest BCUT2D eigenvalue weighted by molar-refractivity contribution is 0.512. The molecule has 168 valence electrons. The molecule has 0 saturated heterocycles. The lowest BCUT2D eigenvalue weighted by Gasteiger charge is -2.12. The van der Waals surface area contributed by atoms with Gasteiger partial charge in [-0.15, -0.1) is 10.2 Å². The third kappa shape index (κ3) is 4.16. The monoisotopic (exact) mass is 479 g/mol. The summed E-state index contributed by atoms with van der Waals surface area (Å²) in [7, 11) is 0. The van der Waals surface area contributed by atoms with Crippen molar-refractivity contribution in [3.8, 4) is 11.5 Å². The molecule has 0 spiro atoms. The van der Waals surface area contributed by atoms with Crippen LogP contribution in [0.5, 0.6) is 0 Å². The summed E-state index contributed by atoms with van der Waals surface area (Å²) in [6.45, 7) is 4.88. The van der Waals surface area contributed by atoms with Crippen LogP contribution in [0.3, 0.4) is 0 Å². The van der Waals surface area contributed by atoms with E-state index in [0.29, 0.717) is 45.4 Å². The molecule has 3 aromatic heterocycles. The maximum absolute atomic E-state index is 13.2. The highest BCUT2D eigenvalue weighted by Gasteiger charge is 2.18. The van der Waals surface area contributed by atoms with Gasteiger partial charge in [0.15, 0.2) is 5.16 Å². The van der Waals surface area contributed by atoms with Gasteiger partial charge < -0.3 is 4.42 Å². The van der Waals surface area contributed by atoms with Crippen molar-refractivity contribution in [1.82, 2.24) is 24.1 Å². The molecule has 3 heterocycles. The first kappa shape index (κ1) is 21.7. The van der Waals surface area contributed by atoms with Crippen molar-refractivity contribution in [2.45, 2.75) is 37.7 Å². The third-order valence-corrected chi connectivity index (χ3v) is 6.71. The molecule has 0 saturated carbocycles. The molecule has 0 radical (unpaired) electrons. The van der Waals surface area contributed by atoms with E-state index >= 15 is 0 Å². The van der Waals surface area contributed by atoms with Gasteiger partial charge in [0.05, 0.1) is 27.2 Å². The van der Waals surface area contributed by atoms with Gasteiger partial charge in [-0.05, 0) is 36.6 Å². The van der Waals surface area contributed by atoms with Crippen molar-refractivity contribution in [3.63, 3.8) is 0 Å². The van der Waals surface area contributed by atoms with E-state index in [1.54, 1.807) is 10.8 Å². The predicted octanol–water partition coefficient (Wildman–Crippen LogP) is 5.69. The van der Waals surface area contributed by atoms with Crippen LogP contribution in [0.25, 0.3) is 28.1 Å². The number of rotatable bonds is 7. The number of aromatic nitrogens is 5. The lowest BCUT2D eigenvalue weighted by Crippen LogP contribution is -2.24. The molecule has 0 fully saturated rings. The van der Waals surface area contributed by atoms with Crippen LogP contribution >= 0.6 is 23.4 Å². The van der Waals surface area contributed by atoms with Crippen molar-refractivity contribution in [2.24, 2.45) is 5.92 Å². The fourth-order valence-corrected chi connectivity index (χ4v) is 4.72. The summed E-state index contributed by atoms with van der Waals surface area (Å²) in [5.74, 6) is 2.04. The van der Waals surface area contributed by atoms with Crippen molar-refractivity contribution >= 4 is 40.0 Å². The van der Waals surface area contributed by atoms with Crippen molar-refractivity contribution in [3.05, 3.63) is 75.9 Å². The van der Waals surface area contributed by atoms with Crippen molar-refractivity contribution in [1.29, 1.82) is 0 Å². The molecule has 33 heavy (non-hydrogen) atoms. The summed E-state index contributed by atoms with van der Waals surface area (Å²) >= 11 is 7.76. The minimum Gasteiger partial charge on any atom is -0.444 e. The number of fused-ring (bicyclic) bond motifs is 3. The molecule has 5 rings (SSSR count). The largest absolute Gasteiger partial charge is 0.444 e. The molecule has 0 aliphatic heterocycles. The fourth-order valence-electron chi connectivity index (χ4n) is 3.69. The van der Waals surface area contributed by atoms with Gasteiger partial charge in [-0.2, -0.15) is 0 Å². The number of para-hydroxylation sites is 1. The van der Waals surface area contributed by atoms with E-state index in [4.69, 9.17) is 16.0 Å². The Labute approximate surface area is 199 Å². The molecule has 0 N–H and O–H groups in total. The molecule has 7 nitrogen and oxygen atoms in total. The molecule has 9 heteroatoms. The first-order chi connectivity index (χ1) is 16.0. The number of aryl methyl sites for hydroxylation is 1. The van der Waals surface area contributed by atoms with Crippen molar-refractivity contribution in [2.75, 3.05) is 0 Å². The van der Waals surface area contributed by atoms with Gasteiger partial charge in [0.2, 0.25) is 11.7 Å². The van der Waals surface area contributed by atoms with Gasteiger partial charge >= 0.3 is 0 Å². The number of nitrogens with zero attached hydrogens (tertiary/aromatic N) is 5. The number of hydrogen-bond acceptors (Lipinski definition) is 6. The van der Waals surface area contributed by atoms with Crippen LogP contribution in [-0.4, -0.2) is 24.1 Å². The maximum atomic E-state index is 13.2. The van der Waals surface area contributed by atoms with Crippen LogP contribution in [0.4, 0.5) is 0 Å². The van der Waals surface area contributed by atoms with Crippen LogP contribution in [0, 0.1) is 5.92 Å². The molecule has 0 aliphatic carbocycles. The van der Waals surface area contributed by atoms with E-state index < -0.39 is 0 Å². The van der Waals surface area contributed by atoms with Gasteiger partial charge in [-0.25, -0.2) is 4.98 Å². The molecule has 0 unspecified atom stereocenters. The van der Waals surface area contributed by atoms with Crippen LogP contribution in [0.2, 0.25) is 5.02 Å².